The Balaban J connectivity index is 2.07. The summed E-state index contributed by atoms with van der Waals surface area (Å²) in [5.41, 5.74) is 3.83. The van der Waals surface area contributed by atoms with Crippen LogP contribution in [0, 0.1) is 6.92 Å². The summed E-state index contributed by atoms with van der Waals surface area (Å²) in [5, 5.41) is 18.8. The van der Waals surface area contributed by atoms with Crippen molar-refractivity contribution in [3.63, 3.8) is 0 Å². The molecule has 1 aliphatic rings. The van der Waals surface area contributed by atoms with Crippen LogP contribution < -0.4 is 0 Å². The summed E-state index contributed by atoms with van der Waals surface area (Å²) < 4.78 is 1.90. The Morgan fingerprint density at radius 3 is 2.71 bits per heavy atom. The Hall–Kier alpha value is -1.39. The second-order valence-electron chi connectivity index (χ2n) is 5.76. The SMILES string of the molecule is Cc1cc(Cl)ccc1-n1nnc(CO)c1C1CCCCC1. The molecule has 0 radical (unpaired) electrons. The van der Waals surface area contributed by atoms with Crippen molar-refractivity contribution in [1.29, 1.82) is 0 Å². The summed E-state index contributed by atoms with van der Waals surface area (Å²) in [6.45, 7) is 1.96. The molecular formula is C16H20ClN3O. The van der Waals surface area contributed by atoms with Crippen molar-refractivity contribution in [2.75, 3.05) is 0 Å². The fraction of sp³-hybridized carbons (Fsp3) is 0.500. The fourth-order valence-electron chi connectivity index (χ4n) is 3.25. The lowest BCUT2D eigenvalue weighted by molar-refractivity contribution is 0.273. The smallest absolute Gasteiger partial charge is 0.112 e. The number of aliphatic hydroxyl groups excluding tert-OH is 1. The molecule has 2 aromatic rings. The van der Waals surface area contributed by atoms with Crippen LogP contribution in [0.15, 0.2) is 18.2 Å². The highest BCUT2D eigenvalue weighted by atomic mass is 35.5. The largest absolute Gasteiger partial charge is 0.390 e. The van der Waals surface area contributed by atoms with Gasteiger partial charge in [0.25, 0.3) is 0 Å². The van der Waals surface area contributed by atoms with E-state index in [0.717, 1.165) is 34.8 Å². The number of aromatic nitrogens is 3. The third kappa shape index (κ3) is 2.83. The van der Waals surface area contributed by atoms with E-state index in [2.05, 4.69) is 10.3 Å². The van der Waals surface area contributed by atoms with Crippen molar-refractivity contribution in [3.8, 4) is 5.69 Å². The summed E-state index contributed by atoms with van der Waals surface area (Å²) >= 11 is 6.04. The van der Waals surface area contributed by atoms with Gasteiger partial charge in [-0.2, -0.15) is 0 Å². The third-order valence-electron chi connectivity index (χ3n) is 4.31. The van der Waals surface area contributed by atoms with Crippen LogP contribution in [0.2, 0.25) is 5.02 Å². The number of rotatable bonds is 3. The lowest BCUT2D eigenvalue weighted by Gasteiger charge is -2.23. The molecule has 3 rings (SSSR count). The Labute approximate surface area is 129 Å². The first-order chi connectivity index (χ1) is 10.2. The van der Waals surface area contributed by atoms with E-state index in [1.54, 1.807) is 0 Å². The zero-order valence-electron chi connectivity index (χ0n) is 12.2. The van der Waals surface area contributed by atoms with E-state index in [1.807, 2.05) is 29.8 Å². The van der Waals surface area contributed by atoms with Gasteiger partial charge >= 0.3 is 0 Å². The average Bonchev–Trinajstić information content (AvgIpc) is 2.92. The van der Waals surface area contributed by atoms with Crippen LogP contribution in [0.5, 0.6) is 0 Å². The van der Waals surface area contributed by atoms with Gasteiger partial charge in [-0.1, -0.05) is 36.1 Å². The van der Waals surface area contributed by atoms with Crippen molar-refractivity contribution in [2.45, 2.75) is 51.6 Å². The van der Waals surface area contributed by atoms with Crippen LogP contribution in [-0.4, -0.2) is 20.1 Å². The van der Waals surface area contributed by atoms with Gasteiger partial charge in [-0.3, -0.25) is 0 Å². The van der Waals surface area contributed by atoms with E-state index in [0.29, 0.717) is 11.6 Å². The molecular weight excluding hydrogens is 286 g/mol. The molecule has 1 aromatic heterocycles. The molecule has 0 unspecified atom stereocenters. The van der Waals surface area contributed by atoms with E-state index >= 15 is 0 Å². The molecule has 5 heteroatoms. The monoisotopic (exact) mass is 305 g/mol. The highest BCUT2D eigenvalue weighted by molar-refractivity contribution is 6.30. The first kappa shape index (κ1) is 14.5. The molecule has 0 spiro atoms. The zero-order chi connectivity index (χ0) is 14.8. The molecule has 0 amide bonds. The molecule has 1 fully saturated rings. The molecule has 1 aromatic carbocycles. The molecule has 0 bridgehead atoms. The van der Waals surface area contributed by atoms with E-state index in [1.165, 1.54) is 19.3 Å². The Morgan fingerprint density at radius 1 is 1.29 bits per heavy atom. The van der Waals surface area contributed by atoms with Crippen molar-refractivity contribution in [2.24, 2.45) is 0 Å². The van der Waals surface area contributed by atoms with Gasteiger partial charge in [0, 0.05) is 10.9 Å². The van der Waals surface area contributed by atoms with Crippen molar-refractivity contribution in [1.82, 2.24) is 15.0 Å². The number of halogens is 1. The van der Waals surface area contributed by atoms with E-state index in [9.17, 15) is 5.11 Å². The molecule has 21 heavy (non-hydrogen) atoms. The molecule has 1 aliphatic carbocycles. The predicted octanol–water partition coefficient (Wildman–Crippen LogP) is 3.77. The highest BCUT2D eigenvalue weighted by Crippen LogP contribution is 2.35. The maximum absolute atomic E-state index is 9.59. The van der Waals surface area contributed by atoms with Gasteiger partial charge in [-0.05, 0) is 43.5 Å². The number of nitrogens with zero attached hydrogens (tertiary/aromatic N) is 3. The van der Waals surface area contributed by atoms with Gasteiger partial charge in [0.05, 0.1) is 18.0 Å². The Morgan fingerprint density at radius 2 is 2.05 bits per heavy atom. The van der Waals surface area contributed by atoms with Gasteiger partial charge in [0.15, 0.2) is 0 Å². The maximum Gasteiger partial charge on any atom is 0.112 e. The molecule has 0 atom stereocenters. The summed E-state index contributed by atoms with van der Waals surface area (Å²) in [5.74, 6) is 0.436. The van der Waals surface area contributed by atoms with Crippen LogP contribution in [0.3, 0.4) is 0 Å². The number of hydrogen-bond donors (Lipinski definition) is 1. The summed E-state index contributed by atoms with van der Waals surface area (Å²) in [4.78, 5) is 0. The van der Waals surface area contributed by atoms with Crippen molar-refractivity contribution >= 4 is 11.6 Å². The number of aliphatic hydroxyl groups is 1. The zero-order valence-corrected chi connectivity index (χ0v) is 13.0. The predicted molar refractivity (Wildman–Crippen MR) is 82.9 cm³/mol. The molecule has 1 N–H and O–H groups in total. The third-order valence-corrected chi connectivity index (χ3v) is 4.54. The lowest BCUT2D eigenvalue weighted by atomic mass is 9.86. The molecule has 1 heterocycles. The van der Waals surface area contributed by atoms with E-state index < -0.39 is 0 Å². The molecule has 1 saturated carbocycles. The first-order valence-corrected chi connectivity index (χ1v) is 7.90. The van der Waals surface area contributed by atoms with Crippen LogP contribution in [0.25, 0.3) is 5.69 Å². The summed E-state index contributed by atoms with van der Waals surface area (Å²) in [7, 11) is 0. The lowest BCUT2D eigenvalue weighted by Crippen LogP contribution is -2.13. The molecule has 0 aliphatic heterocycles. The minimum Gasteiger partial charge on any atom is -0.390 e. The number of benzene rings is 1. The first-order valence-electron chi connectivity index (χ1n) is 7.52. The molecule has 112 valence electrons. The second-order valence-corrected chi connectivity index (χ2v) is 6.19. The van der Waals surface area contributed by atoms with Crippen molar-refractivity contribution < 1.29 is 5.11 Å². The van der Waals surface area contributed by atoms with E-state index in [4.69, 9.17) is 11.6 Å². The highest BCUT2D eigenvalue weighted by Gasteiger charge is 2.25. The minimum atomic E-state index is -0.0571. The normalized spacial score (nSPS) is 16.3. The topological polar surface area (TPSA) is 50.9 Å². The van der Waals surface area contributed by atoms with Crippen molar-refractivity contribution in [3.05, 3.63) is 40.2 Å². The Bertz CT molecular complexity index is 632. The Kier molecular flexibility index (Phi) is 4.27. The quantitative estimate of drug-likeness (QED) is 0.939. The van der Waals surface area contributed by atoms with Crippen LogP contribution in [0.4, 0.5) is 0 Å². The van der Waals surface area contributed by atoms with Crippen LogP contribution in [-0.2, 0) is 6.61 Å². The van der Waals surface area contributed by atoms with Gasteiger partial charge in [0.1, 0.15) is 5.69 Å². The number of aryl methyl sites for hydroxylation is 1. The van der Waals surface area contributed by atoms with Crippen LogP contribution in [0.1, 0.15) is 55.0 Å². The summed E-state index contributed by atoms with van der Waals surface area (Å²) in [6.07, 6.45) is 6.06. The molecule has 0 saturated heterocycles. The maximum atomic E-state index is 9.59. The van der Waals surface area contributed by atoms with Gasteiger partial charge in [0.2, 0.25) is 0 Å². The van der Waals surface area contributed by atoms with Gasteiger partial charge in [-0.15, -0.1) is 5.10 Å². The minimum absolute atomic E-state index is 0.0571. The molecule has 4 nitrogen and oxygen atoms in total. The van der Waals surface area contributed by atoms with Gasteiger partial charge < -0.3 is 5.11 Å². The standard InChI is InChI=1S/C16H20ClN3O/c1-11-9-13(17)7-8-15(11)20-16(14(10-21)18-19-20)12-5-3-2-4-6-12/h7-9,12,21H,2-6,10H2,1H3. The van der Waals surface area contributed by atoms with Crippen LogP contribution >= 0.6 is 11.6 Å². The second kappa shape index (κ2) is 6.16. The van der Waals surface area contributed by atoms with E-state index in [-0.39, 0.29) is 6.61 Å². The average molecular weight is 306 g/mol. The fourth-order valence-corrected chi connectivity index (χ4v) is 3.48. The number of hydrogen-bond acceptors (Lipinski definition) is 3. The summed E-state index contributed by atoms with van der Waals surface area (Å²) in [6, 6.07) is 5.77. The van der Waals surface area contributed by atoms with Gasteiger partial charge in [-0.25, -0.2) is 4.68 Å².